The average molecular weight is 712 g/mol. The van der Waals surface area contributed by atoms with Crippen molar-refractivity contribution in [3.05, 3.63) is 81.0 Å². The number of esters is 1. The van der Waals surface area contributed by atoms with Crippen molar-refractivity contribution in [2.75, 3.05) is 19.7 Å². The van der Waals surface area contributed by atoms with Gasteiger partial charge in [0.05, 0.1) is 29.1 Å². The van der Waals surface area contributed by atoms with E-state index < -0.39 is 46.8 Å². The number of azide groups is 1. The first-order chi connectivity index (χ1) is 22.2. The maximum absolute atomic E-state index is 13.8. The molecule has 0 bridgehead atoms. The van der Waals surface area contributed by atoms with Gasteiger partial charge >= 0.3 is 18.3 Å². The number of nitrogens with zero attached hydrogens (tertiary/aromatic N) is 6. The Morgan fingerprint density at radius 3 is 1.78 bits per heavy atom. The van der Waals surface area contributed by atoms with Gasteiger partial charge in [-0.25, -0.2) is 13.5 Å². The molecular weight excluding hydrogens is 674 g/mol. The summed E-state index contributed by atoms with van der Waals surface area (Å²) in [7, 11) is 0. The van der Waals surface area contributed by atoms with E-state index >= 15 is 0 Å². The number of halogens is 8. The Morgan fingerprint density at radius 1 is 0.918 bits per heavy atom. The predicted molar refractivity (Wildman–Crippen MR) is 164 cm³/mol. The van der Waals surface area contributed by atoms with Crippen molar-refractivity contribution >= 4 is 23.2 Å². The number of alkyl halides is 6. The highest BCUT2D eigenvalue weighted by Crippen LogP contribution is 2.32. The lowest BCUT2D eigenvalue weighted by Crippen LogP contribution is -2.09. The van der Waals surface area contributed by atoms with Gasteiger partial charge in [0.2, 0.25) is 0 Å². The number of Topliss-reactive ketones (excluding diaryl/α,β-unsaturated/α-hetero) is 2. The van der Waals surface area contributed by atoms with Gasteiger partial charge < -0.3 is 10.1 Å². The van der Waals surface area contributed by atoms with E-state index in [2.05, 4.69) is 44.2 Å². The van der Waals surface area contributed by atoms with Gasteiger partial charge in [-0.1, -0.05) is 31.6 Å². The van der Waals surface area contributed by atoms with Crippen LogP contribution in [-0.2, 0) is 26.7 Å². The molecule has 0 radical (unpaired) electrons. The van der Waals surface area contributed by atoms with E-state index in [4.69, 9.17) is 5.53 Å². The third kappa shape index (κ3) is 16.7. The number of hydrogen-bond donors (Lipinski definition) is 1. The number of ketones is 2. The molecule has 19 heteroatoms. The van der Waals surface area contributed by atoms with Gasteiger partial charge in [-0.05, 0) is 75.8 Å². The lowest BCUT2D eigenvalue weighted by atomic mass is 10.2. The quantitative estimate of drug-likeness (QED) is 0.0468. The molecule has 0 aliphatic rings. The normalized spacial score (nSPS) is 10.3. The number of aromatic nitrogens is 3. The summed E-state index contributed by atoms with van der Waals surface area (Å²) in [4.78, 5) is 34.1. The molecule has 0 aliphatic carbocycles. The number of hydrogen-bond acceptors (Lipinski definition) is 8. The summed E-state index contributed by atoms with van der Waals surface area (Å²) in [6, 6.07) is 3.77. The lowest BCUT2D eigenvalue weighted by molar-refractivity contribution is -0.145. The third-order valence-corrected chi connectivity index (χ3v) is 5.36. The van der Waals surface area contributed by atoms with Gasteiger partial charge in [0.1, 0.15) is 29.5 Å². The van der Waals surface area contributed by atoms with Crippen LogP contribution in [0.2, 0.25) is 0 Å². The SMILES string of the molecule is C.CC(=O)c1nnn(-c2ccc(C(F)(F)F)cc2F)c1C.CCNCC.CCOC(=O)CC(C)=O.[N-]=[N+]=Nc1ccc(C(F)(F)F)cc1F. The molecule has 272 valence electrons. The average Bonchev–Trinajstić information content (AvgIpc) is 3.35. The maximum Gasteiger partial charge on any atom is 0.416 e. The minimum absolute atomic E-state index is 0. The summed E-state index contributed by atoms with van der Waals surface area (Å²) in [5.41, 5.74) is 5.38. The van der Waals surface area contributed by atoms with E-state index in [0.29, 0.717) is 18.7 Å². The smallest absolute Gasteiger partial charge is 0.416 e. The van der Waals surface area contributed by atoms with E-state index in [0.717, 1.165) is 36.0 Å². The second-order valence-corrected chi connectivity index (χ2v) is 9.15. The number of carbonyl (C=O) groups excluding carboxylic acids is 3. The molecule has 49 heavy (non-hydrogen) atoms. The van der Waals surface area contributed by atoms with Gasteiger partial charge in [0.15, 0.2) is 11.5 Å². The van der Waals surface area contributed by atoms with Crippen molar-refractivity contribution in [3.63, 3.8) is 0 Å². The molecule has 0 unspecified atom stereocenters. The van der Waals surface area contributed by atoms with Crippen LogP contribution in [0.25, 0.3) is 16.1 Å². The van der Waals surface area contributed by atoms with Crippen LogP contribution < -0.4 is 5.32 Å². The van der Waals surface area contributed by atoms with Gasteiger partial charge in [0, 0.05) is 11.8 Å². The van der Waals surface area contributed by atoms with Crippen LogP contribution in [0.1, 0.15) is 75.8 Å². The largest absolute Gasteiger partial charge is 0.466 e. The number of nitrogens with one attached hydrogen (secondary N) is 1. The van der Waals surface area contributed by atoms with Gasteiger partial charge in [-0.3, -0.25) is 14.4 Å². The molecule has 0 saturated carbocycles. The van der Waals surface area contributed by atoms with Crippen LogP contribution in [0.3, 0.4) is 0 Å². The zero-order valence-electron chi connectivity index (χ0n) is 26.6. The topological polar surface area (TPSA) is 152 Å². The van der Waals surface area contributed by atoms with Crippen LogP contribution >= 0.6 is 0 Å². The van der Waals surface area contributed by atoms with Crippen molar-refractivity contribution in [3.8, 4) is 5.69 Å². The Balaban J connectivity index is 0. The summed E-state index contributed by atoms with van der Waals surface area (Å²) < 4.78 is 105. The van der Waals surface area contributed by atoms with Crippen LogP contribution in [0.5, 0.6) is 0 Å². The van der Waals surface area contributed by atoms with E-state index in [1.807, 2.05) is 0 Å². The first-order valence-electron chi connectivity index (χ1n) is 13.8. The molecule has 0 aliphatic heterocycles. The van der Waals surface area contributed by atoms with Crippen molar-refractivity contribution in [2.45, 2.75) is 67.7 Å². The number of benzene rings is 2. The maximum atomic E-state index is 13.8. The van der Waals surface area contributed by atoms with E-state index in [9.17, 15) is 49.5 Å². The number of ether oxygens (including phenoxy) is 1. The van der Waals surface area contributed by atoms with Crippen molar-refractivity contribution < 1.29 is 54.2 Å². The Bertz CT molecular complexity index is 1570. The number of rotatable bonds is 8. The third-order valence-electron chi connectivity index (χ3n) is 5.36. The Morgan fingerprint density at radius 2 is 1.43 bits per heavy atom. The summed E-state index contributed by atoms with van der Waals surface area (Å²) in [5.74, 6) is -3.25. The first-order valence-corrected chi connectivity index (χ1v) is 13.8. The molecule has 0 fully saturated rings. The van der Waals surface area contributed by atoms with Gasteiger partial charge in [-0.15, -0.1) is 5.10 Å². The lowest BCUT2D eigenvalue weighted by Gasteiger charge is -2.09. The molecule has 3 rings (SSSR count). The van der Waals surface area contributed by atoms with Crippen molar-refractivity contribution in [1.82, 2.24) is 20.3 Å². The highest BCUT2D eigenvalue weighted by Gasteiger charge is 2.32. The van der Waals surface area contributed by atoms with E-state index in [1.165, 1.54) is 20.8 Å². The number of carbonyl (C=O) groups is 3. The molecule has 0 amide bonds. The Kier molecular flexibility index (Phi) is 20.6. The summed E-state index contributed by atoms with van der Waals surface area (Å²) in [5, 5.41) is 13.1. The van der Waals surface area contributed by atoms with Crippen LogP contribution in [0.4, 0.5) is 40.8 Å². The van der Waals surface area contributed by atoms with Crippen LogP contribution in [0.15, 0.2) is 41.5 Å². The van der Waals surface area contributed by atoms with Crippen molar-refractivity contribution in [1.29, 1.82) is 0 Å². The molecule has 1 heterocycles. The fraction of sp³-hybridized carbons (Fsp3) is 0.433. The molecule has 1 aromatic heterocycles. The van der Waals surface area contributed by atoms with Crippen LogP contribution in [0, 0.1) is 18.6 Å². The van der Waals surface area contributed by atoms with Gasteiger partial charge in [-0.2, -0.15) is 26.3 Å². The Labute approximate surface area is 277 Å². The molecule has 0 saturated heterocycles. The van der Waals surface area contributed by atoms with E-state index in [1.54, 1.807) is 6.92 Å². The fourth-order valence-corrected chi connectivity index (χ4v) is 3.22. The highest BCUT2D eigenvalue weighted by molar-refractivity contribution is 5.94. The monoisotopic (exact) mass is 711 g/mol. The minimum Gasteiger partial charge on any atom is -0.466 e. The Hall–Kier alpha value is -4.90. The second-order valence-electron chi connectivity index (χ2n) is 9.15. The molecule has 2 aromatic carbocycles. The fourth-order valence-electron chi connectivity index (χ4n) is 3.22. The van der Waals surface area contributed by atoms with Crippen LogP contribution in [-0.4, -0.2) is 52.2 Å². The molecule has 11 nitrogen and oxygen atoms in total. The molecule has 1 N–H and O–H groups in total. The molecule has 0 spiro atoms. The summed E-state index contributed by atoms with van der Waals surface area (Å²) >= 11 is 0. The zero-order valence-corrected chi connectivity index (χ0v) is 26.6. The highest BCUT2D eigenvalue weighted by atomic mass is 19.4. The minimum atomic E-state index is -4.62. The molecule has 3 aromatic rings. The molecule has 0 atom stereocenters. The van der Waals surface area contributed by atoms with Crippen molar-refractivity contribution in [2.24, 2.45) is 5.11 Å². The van der Waals surface area contributed by atoms with E-state index in [-0.39, 0.29) is 48.6 Å². The second kappa shape index (κ2) is 21.9. The first kappa shape index (κ1) is 46.2. The standard InChI is InChI=1S/C12H9F4N3O.C7H3F4N3.C6H10O3.C4H11N.CH4/c1-6-11(7(2)20)17-18-19(6)10-4-3-8(5-9(10)13)12(14,15)16;8-5-3-4(7(9,10)11)1-2-6(5)13-14-12;1-3-9-6(8)4-5(2)7;1-3-5-4-2;/h3-5H,1-2H3;1-3H;3-4H2,1-2H3;5H,3-4H2,1-2H3;1H4. The summed E-state index contributed by atoms with van der Waals surface area (Å²) in [6.45, 7) is 12.5. The summed E-state index contributed by atoms with van der Waals surface area (Å²) in [6.07, 6.45) is -9.33. The predicted octanol–water partition coefficient (Wildman–Crippen LogP) is 8.50. The zero-order chi connectivity index (χ0) is 37.2. The molecular formula is C30H37F8N7O4. The van der Waals surface area contributed by atoms with Gasteiger partial charge in [0.25, 0.3) is 0 Å².